The molecule has 0 radical (unpaired) electrons. The van der Waals surface area contributed by atoms with E-state index in [9.17, 15) is 13.2 Å². The summed E-state index contributed by atoms with van der Waals surface area (Å²) < 4.78 is 40.9. The number of nitrogens with one attached hydrogen (secondary N) is 1. The normalized spacial score (nSPS) is 13.5. The Morgan fingerprint density at radius 2 is 2.18 bits per heavy atom. The van der Waals surface area contributed by atoms with E-state index in [4.69, 9.17) is 16.3 Å². The molecule has 0 aliphatic carbocycles. The molecule has 0 saturated carbocycles. The number of ether oxygens (including phenoxy) is 1. The standard InChI is InChI=1S/C10H12ClF3N2O/c1-7(3-16-6-10(12,13)14)17-9-2-8(11)4-15-5-9/h2,4-5,7,16H,3,6H2,1H3. The van der Waals surface area contributed by atoms with Crippen LogP contribution in [0.2, 0.25) is 5.02 Å². The van der Waals surface area contributed by atoms with Crippen molar-refractivity contribution in [2.24, 2.45) is 0 Å². The van der Waals surface area contributed by atoms with Gasteiger partial charge in [0.05, 0.1) is 17.8 Å². The number of pyridine rings is 1. The van der Waals surface area contributed by atoms with Gasteiger partial charge in [-0.3, -0.25) is 4.98 Å². The van der Waals surface area contributed by atoms with Crippen molar-refractivity contribution in [2.75, 3.05) is 13.1 Å². The SMILES string of the molecule is CC(CNCC(F)(F)F)Oc1cncc(Cl)c1. The van der Waals surface area contributed by atoms with Gasteiger partial charge in [0.1, 0.15) is 11.9 Å². The summed E-state index contributed by atoms with van der Waals surface area (Å²) in [5.74, 6) is 0.429. The van der Waals surface area contributed by atoms with Crippen LogP contribution in [0.25, 0.3) is 0 Å². The van der Waals surface area contributed by atoms with Gasteiger partial charge in [0.25, 0.3) is 0 Å². The second kappa shape index (κ2) is 6.07. The molecule has 1 rings (SSSR count). The first-order chi connectivity index (χ1) is 7.87. The highest BCUT2D eigenvalue weighted by Gasteiger charge is 2.26. The maximum Gasteiger partial charge on any atom is 0.401 e. The highest BCUT2D eigenvalue weighted by atomic mass is 35.5. The fraction of sp³-hybridized carbons (Fsp3) is 0.500. The van der Waals surface area contributed by atoms with Gasteiger partial charge in [-0.15, -0.1) is 0 Å². The Kier molecular flexibility index (Phi) is 5.02. The Morgan fingerprint density at radius 3 is 2.76 bits per heavy atom. The van der Waals surface area contributed by atoms with Crippen molar-refractivity contribution < 1.29 is 17.9 Å². The zero-order valence-corrected chi connectivity index (χ0v) is 9.85. The van der Waals surface area contributed by atoms with E-state index in [0.717, 1.165) is 0 Å². The fourth-order valence-corrected chi connectivity index (χ4v) is 1.31. The van der Waals surface area contributed by atoms with Gasteiger partial charge in [-0.1, -0.05) is 11.6 Å². The molecule has 1 aromatic rings. The van der Waals surface area contributed by atoms with Gasteiger partial charge in [-0.2, -0.15) is 13.2 Å². The van der Waals surface area contributed by atoms with E-state index >= 15 is 0 Å². The van der Waals surface area contributed by atoms with Gasteiger partial charge < -0.3 is 10.1 Å². The van der Waals surface area contributed by atoms with E-state index in [2.05, 4.69) is 10.3 Å². The Bertz CT molecular complexity index is 360. The summed E-state index contributed by atoms with van der Waals surface area (Å²) in [4.78, 5) is 3.80. The smallest absolute Gasteiger partial charge is 0.401 e. The molecule has 0 aromatic carbocycles. The van der Waals surface area contributed by atoms with Crippen LogP contribution in [0.15, 0.2) is 18.5 Å². The summed E-state index contributed by atoms with van der Waals surface area (Å²) in [6.45, 7) is 0.713. The number of hydrogen-bond donors (Lipinski definition) is 1. The van der Waals surface area contributed by atoms with Crippen LogP contribution in [-0.4, -0.2) is 30.4 Å². The molecule has 1 atom stereocenters. The highest BCUT2D eigenvalue weighted by Crippen LogP contribution is 2.16. The second-order valence-corrected chi connectivity index (χ2v) is 3.95. The Balaban J connectivity index is 2.32. The molecular formula is C10H12ClF3N2O. The molecule has 1 aromatic heterocycles. The van der Waals surface area contributed by atoms with Crippen molar-refractivity contribution in [3.05, 3.63) is 23.5 Å². The largest absolute Gasteiger partial charge is 0.488 e. The number of halogens is 4. The third-order valence-corrected chi connectivity index (χ3v) is 1.98. The van der Waals surface area contributed by atoms with E-state index in [1.165, 1.54) is 12.4 Å². The molecule has 1 unspecified atom stereocenters. The predicted octanol–water partition coefficient (Wildman–Crippen LogP) is 2.65. The first-order valence-electron chi connectivity index (χ1n) is 4.91. The average molecular weight is 269 g/mol. The van der Waals surface area contributed by atoms with E-state index in [1.807, 2.05) is 0 Å². The fourth-order valence-electron chi connectivity index (χ4n) is 1.15. The molecule has 0 amide bonds. The molecule has 96 valence electrons. The molecule has 0 spiro atoms. The third kappa shape index (κ3) is 6.33. The zero-order valence-electron chi connectivity index (χ0n) is 9.09. The van der Waals surface area contributed by atoms with Crippen molar-refractivity contribution in [1.82, 2.24) is 10.3 Å². The maximum atomic E-state index is 11.9. The third-order valence-electron chi connectivity index (χ3n) is 1.77. The quantitative estimate of drug-likeness (QED) is 0.891. The van der Waals surface area contributed by atoms with Crippen LogP contribution in [0, 0.1) is 0 Å². The van der Waals surface area contributed by atoms with Gasteiger partial charge in [0.15, 0.2) is 0 Å². The lowest BCUT2D eigenvalue weighted by Gasteiger charge is -2.16. The van der Waals surface area contributed by atoms with Crippen molar-refractivity contribution in [1.29, 1.82) is 0 Å². The first kappa shape index (κ1) is 14.1. The van der Waals surface area contributed by atoms with Crippen molar-refractivity contribution in [3.8, 4) is 5.75 Å². The molecule has 7 heteroatoms. The van der Waals surface area contributed by atoms with Crippen LogP contribution in [0.4, 0.5) is 13.2 Å². The van der Waals surface area contributed by atoms with Crippen LogP contribution in [-0.2, 0) is 0 Å². The molecule has 0 saturated heterocycles. The second-order valence-electron chi connectivity index (χ2n) is 3.51. The predicted molar refractivity (Wildman–Crippen MR) is 58.3 cm³/mol. The summed E-state index contributed by atoms with van der Waals surface area (Å²) in [5, 5.41) is 2.67. The van der Waals surface area contributed by atoms with Crippen LogP contribution in [0.3, 0.4) is 0 Å². The summed E-state index contributed by atoms with van der Waals surface area (Å²) in [6.07, 6.45) is -1.72. The van der Waals surface area contributed by atoms with Gasteiger partial charge in [0, 0.05) is 18.8 Å². The molecule has 3 nitrogen and oxygen atoms in total. The lowest BCUT2D eigenvalue weighted by Crippen LogP contribution is -2.35. The minimum Gasteiger partial charge on any atom is -0.488 e. The van der Waals surface area contributed by atoms with Crippen molar-refractivity contribution in [2.45, 2.75) is 19.2 Å². The summed E-state index contributed by atoms with van der Waals surface area (Å²) >= 11 is 5.69. The van der Waals surface area contributed by atoms with E-state index < -0.39 is 18.8 Å². The Hall–Kier alpha value is -1.01. The van der Waals surface area contributed by atoms with Crippen LogP contribution >= 0.6 is 11.6 Å². The zero-order chi connectivity index (χ0) is 12.9. The average Bonchev–Trinajstić information content (AvgIpc) is 2.15. The first-order valence-corrected chi connectivity index (χ1v) is 5.29. The maximum absolute atomic E-state index is 11.9. The highest BCUT2D eigenvalue weighted by molar-refractivity contribution is 6.30. The summed E-state index contributed by atoms with van der Waals surface area (Å²) in [7, 11) is 0. The number of rotatable bonds is 5. The number of nitrogens with zero attached hydrogens (tertiary/aromatic N) is 1. The Morgan fingerprint density at radius 1 is 1.47 bits per heavy atom. The topological polar surface area (TPSA) is 34.1 Å². The molecule has 0 aliphatic heterocycles. The van der Waals surface area contributed by atoms with Crippen molar-refractivity contribution >= 4 is 11.6 Å². The lowest BCUT2D eigenvalue weighted by molar-refractivity contribution is -0.125. The summed E-state index contributed by atoms with van der Waals surface area (Å²) in [6, 6.07) is 1.55. The lowest BCUT2D eigenvalue weighted by atomic mass is 10.4. The molecule has 0 bridgehead atoms. The van der Waals surface area contributed by atoms with Crippen LogP contribution < -0.4 is 10.1 Å². The minimum atomic E-state index is -4.21. The van der Waals surface area contributed by atoms with Gasteiger partial charge in [-0.05, 0) is 6.92 Å². The Labute approximate surface area is 102 Å². The van der Waals surface area contributed by atoms with E-state index in [-0.39, 0.29) is 6.54 Å². The van der Waals surface area contributed by atoms with Crippen LogP contribution in [0.5, 0.6) is 5.75 Å². The number of hydrogen-bond acceptors (Lipinski definition) is 3. The molecule has 1 N–H and O–H groups in total. The number of alkyl halides is 3. The monoisotopic (exact) mass is 268 g/mol. The van der Waals surface area contributed by atoms with Gasteiger partial charge >= 0.3 is 6.18 Å². The molecule has 1 heterocycles. The van der Waals surface area contributed by atoms with Gasteiger partial charge in [0.2, 0.25) is 0 Å². The van der Waals surface area contributed by atoms with Gasteiger partial charge in [-0.25, -0.2) is 0 Å². The summed E-state index contributed by atoms with van der Waals surface area (Å²) in [5.41, 5.74) is 0. The molecule has 17 heavy (non-hydrogen) atoms. The van der Waals surface area contributed by atoms with E-state index in [0.29, 0.717) is 10.8 Å². The number of aromatic nitrogens is 1. The van der Waals surface area contributed by atoms with E-state index in [1.54, 1.807) is 13.0 Å². The minimum absolute atomic E-state index is 0.0893. The molecule has 0 fully saturated rings. The van der Waals surface area contributed by atoms with Crippen molar-refractivity contribution in [3.63, 3.8) is 0 Å². The molecule has 0 aliphatic rings. The van der Waals surface area contributed by atoms with Crippen LogP contribution in [0.1, 0.15) is 6.92 Å². The molecular weight excluding hydrogens is 257 g/mol.